The average molecular weight is 315 g/mol. The van der Waals surface area contributed by atoms with Crippen LogP contribution in [0.3, 0.4) is 0 Å². The van der Waals surface area contributed by atoms with Crippen LogP contribution in [0, 0.1) is 13.8 Å². The van der Waals surface area contributed by atoms with Gasteiger partial charge < -0.3 is 9.47 Å². The molecule has 6 heteroatoms. The van der Waals surface area contributed by atoms with Gasteiger partial charge in [-0.15, -0.1) is 0 Å². The second-order valence-electron chi connectivity index (χ2n) is 6.43. The number of nitrogens with zero attached hydrogens (tertiary/aromatic N) is 4. The second-order valence-corrected chi connectivity index (χ2v) is 6.43. The highest BCUT2D eigenvalue weighted by Gasteiger charge is 2.25. The number of hydrogen-bond donors (Lipinski definition) is 1. The monoisotopic (exact) mass is 315 g/mol. The van der Waals surface area contributed by atoms with Gasteiger partial charge in [0.05, 0.1) is 5.69 Å². The number of nitrogens with one attached hydrogen (secondary N) is 1. The number of aromatic amines is 1. The van der Waals surface area contributed by atoms with Crippen molar-refractivity contribution in [2.75, 3.05) is 13.1 Å². The van der Waals surface area contributed by atoms with Crippen molar-refractivity contribution >= 4 is 5.91 Å². The lowest BCUT2D eigenvalue weighted by Gasteiger charge is -2.32. The predicted molar refractivity (Wildman–Crippen MR) is 88.1 cm³/mol. The first-order chi connectivity index (χ1) is 11.1. The molecule has 1 unspecified atom stereocenters. The van der Waals surface area contributed by atoms with Crippen LogP contribution in [0.1, 0.15) is 48.8 Å². The Morgan fingerprint density at radius 3 is 3.00 bits per heavy atom. The molecule has 1 N–H and O–H groups in total. The van der Waals surface area contributed by atoms with Gasteiger partial charge in [-0.1, -0.05) is 0 Å². The Hall–Kier alpha value is -2.11. The molecule has 2 aromatic heterocycles. The number of amides is 1. The third-order valence-corrected chi connectivity index (χ3v) is 4.63. The molecule has 0 spiro atoms. The van der Waals surface area contributed by atoms with Gasteiger partial charge in [0, 0.05) is 50.1 Å². The third kappa shape index (κ3) is 3.81. The van der Waals surface area contributed by atoms with Gasteiger partial charge in [-0.05, 0) is 39.2 Å². The fraction of sp³-hybridized carbons (Fsp3) is 0.588. The predicted octanol–water partition coefficient (Wildman–Crippen LogP) is 2.41. The van der Waals surface area contributed by atoms with Crippen LogP contribution in [-0.2, 0) is 11.3 Å². The summed E-state index contributed by atoms with van der Waals surface area (Å²) in [6.07, 6.45) is 7.41. The van der Waals surface area contributed by atoms with Crippen LogP contribution in [0.4, 0.5) is 0 Å². The van der Waals surface area contributed by atoms with Crippen molar-refractivity contribution in [2.45, 2.75) is 52.0 Å². The molecule has 1 aliphatic rings. The Balaban J connectivity index is 1.50. The van der Waals surface area contributed by atoms with E-state index in [2.05, 4.69) is 25.8 Å². The molecule has 0 bridgehead atoms. The summed E-state index contributed by atoms with van der Waals surface area (Å²) in [4.78, 5) is 18.7. The zero-order chi connectivity index (χ0) is 16.2. The van der Waals surface area contributed by atoms with Crippen LogP contribution >= 0.6 is 0 Å². The molecular weight excluding hydrogens is 290 g/mol. The van der Waals surface area contributed by atoms with Gasteiger partial charge in [0.2, 0.25) is 5.91 Å². The zero-order valence-electron chi connectivity index (χ0n) is 14.0. The summed E-state index contributed by atoms with van der Waals surface area (Å²) in [7, 11) is 0. The topological polar surface area (TPSA) is 66.8 Å². The van der Waals surface area contributed by atoms with Gasteiger partial charge in [0.1, 0.15) is 5.82 Å². The van der Waals surface area contributed by atoms with Crippen molar-refractivity contribution in [3.05, 3.63) is 35.7 Å². The van der Waals surface area contributed by atoms with Crippen LogP contribution in [-0.4, -0.2) is 43.6 Å². The molecule has 0 aliphatic carbocycles. The average Bonchev–Trinajstić information content (AvgIpc) is 3.16. The molecule has 0 saturated carbocycles. The number of aromatic nitrogens is 4. The smallest absolute Gasteiger partial charge is 0.222 e. The fourth-order valence-electron chi connectivity index (χ4n) is 3.29. The molecule has 1 fully saturated rings. The lowest BCUT2D eigenvalue weighted by atomic mass is 9.94. The maximum absolute atomic E-state index is 12.5. The molecule has 124 valence electrons. The minimum absolute atomic E-state index is 0.264. The quantitative estimate of drug-likeness (QED) is 0.921. The number of carbonyl (C=O) groups excluding carboxylic acids is 1. The molecule has 1 atom stereocenters. The first-order valence-corrected chi connectivity index (χ1v) is 8.41. The molecule has 6 nitrogen and oxygen atoms in total. The fourth-order valence-corrected chi connectivity index (χ4v) is 3.29. The van der Waals surface area contributed by atoms with Crippen LogP contribution in [0.5, 0.6) is 0 Å². The van der Waals surface area contributed by atoms with Crippen LogP contribution in [0.25, 0.3) is 0 Å². The molecule has 23 heavy (non-hydrogen) atoms. The van der Waals surface area contributed by atoms with E-state index in [4.69, 9.17) is 0 Å². The molecular formula is C17H25N5O. The maximum atomic E-state index is 12.5. The second kappa shape index (κ2) is 6.98. The molecule has 1 amide bonds. The largest absolute Gasteiger partial charge is 0.342 e. The highest BCUT2D eigenvalue weighted by atomic mass is 16.2. The Morgan fingerprint density at radius 1 is 1.43 bits per heavy atom. The molecule has 2 aromatic rings. The Bertz CT molecular complexity index is 659. The SMILES string of the molecule is Cc1cc(C2CCCN(C(=O)CCCn3ccnc3C)C2)n[nH]1. The number of piperidine rings is 1. The van der Waals surface area contributed by atoms with E-state index in [1.54, 1.807) is 6.20 Å². The van der Waals surface area contributed by atoms with Crippen molar-refractivity contribution in [3.8, 4) is 0 Å². The summed E-state index contributed by atoms with van der Waals surface area (Å²) in [5.74, 6) is 1.64. The van der Waals surface area contributed by atoms with E-state index in [1.165, 1.54) is 0 Å². The van der Waals surface area contributed by atoms with Gasteiger partial charge in [-0.3, -0.25) is 9.89 Å². The minimum Gasteiger partial charge on any atom is -0.342 e. The van der Waals surface area contributed by atoms with Gasteiger partial charge >= 0.3 is 0 Å². The van der Waals surface area contributed by atoms with Crippen LogP contribution < -0.4 is 0 Å². The molecule has 1 aliphatic heterocycles. The van der Waals surface area contributed by atoms with Crippen LogP contribution in [0.2, 0.25) is 0 Å². The number of rotatable bonds is 5. The Labute approximate surface area is 136 Å². The highest BCUT2D eigenvalue weighted by molar-refractivity contribution is 5.76. The molecule has 0 aromatic carbocycles. The lowest BCUT2D eigenvalue weighted by molar-refractivity contribution is -0.132. The van der Waals surface area contributed by atoms with Crippen molar-refractivity contribution in [3.63, 3.8) is 0 Å². The van der Waals surface area contributed by atoms with Crippen molar-refractivity contribution < 1.29 is 4.79 Å². The van der Waals surface area contributed by atoms with Gasteiger partial charge in [0.25, 0.3) is 0 Å². The number of H-pyrrole nitrogens is 1. The van der Waals surface area contributed by atoms with E-state index < -0.39 is 0 Å². The van der Waals surface area contributed by atoms with E-state index in [9.17, 15) is 4.79 Å². The summed E-state index contributed by atoms with van der Waals surface area (Å²) in [6, 6.07) is 2.10. The molecule has 3 heterocycles. The molecule has 3 rings (SSSR count). The van der Waals surface area contributed by atoms with Crippen molar-refractivity contribution in [1.29, 1.82) is 0 Å². The molecule has 0 radical (unpaired) electrons. The van der Waals surface area contributed by atoms with Gasteiger partial charge in [0.15, 0.2) is 0 Å². The number of likely N-dealkylation sites (tertiary alicyclic amines) is 1. The summed E-state index contributed by atoms with van der Waals surface area (Å²) < 4.78 is 2.10. The minimum atomic E-state index is 0.264. The first kappa shape index (κ1) is 15.8. The summed E-state index contributed by atoms with van der Waals surface area (Å²) in [6.45, 7) is 6.53. The van der Waals surface area contributed by atoms with Crippen molar-refractivity contribution in [2.24, 2.45) is 0 Å². The van der Waals surface area contributed by atoms with Crippen molar-refractivity contribution in [1.82, 2.24) is 24.6 Å². The highest BCUT2D eigenvalue weighted by Crippen LogP contribution is 2.26. The lowest BCUT2D eigenvalue weighted by Crippen LogP contribution is -2.39. The number of carbonyl (C=O) groups is 1. The summed E-state index contributed by atoms with van der Waals surface area (Å²) >= 11 is 0. The van der Waals surface area contributed by atoms with E-state index in [-0.39, 0.29) is 5.91 Å². The third-order valence-electron chi connectivity index (χ3n) is 4.63. The Morgan fingerprint density at radius 2 is 2.30 bits per heavy atom. The van der Waals surface area contributed by atoms with Gasteiger partial charge in [-0.25, -0.2) is 4.98 Å². The van der Waals surface area contributed by atoms with E-state index in [0.717, 1.165) is 56.1 Å². The normalized spacial score (nSPS) is 18.3. The standard InChI is InChI=1S/C17H25N5O/c1-13-11-16(20-19-13)15-5-3-9-22(12-15)17(23)6-4-8-21-10-7-18-14(21)2/h7,10-11,15H,3-6,8-9,12H2,1-2H3,(H,19,20). The Kier molecular flexibility index (Phi) is 4.79. The molecule has 1 saturated heterocycles. The zero-order valence-corrected chi connectivity index (χ0v) is 14.0. The number of aryl methyl sites for hydroxylation is 3. The van der Waals surface area contributed by atoms with E-state index in [1.807, 2.05) is 24.9 Å². The maximum Gasteiger partial charge on any atom is 0.222 e. The summed E-state index contributed by atoms with van der Waals surface area (Å²) in [5, 5.41) is 7.37. The number of hydrogen-bond acceptors (Lipinski definition) is 3. The van der Waals surface area contributed by atoms with E-state index >= 15 is 0 Å². The first-order valence-electron chi connectivity index (χ1n) is 8.41. The number of imidazole rings is 1. The van der Waals surface area contributed by atoms with Crippen LogP contribution in [0.15, 0.2) is 18.5 Å². The van der Waals surface area contributed by atoms with Gasteiger partial charge in [-0.2, -0.15) is 5.10 Å². The summed E-state index contributed by atoms with van der Waals surface area (Å²) in [5.41, 5.74) is 2.17. The van der Waals surface area contributed by atoms with E-state index in [0.29, 0.717) is 12.3 Å².